The van der Waals surface area contributed by atoms with Gasteiger partial charge in [-0.15, -0.1) is 0 Å². The molecule has 0 unspecified atom stereocenters. The fourth-order valence-electron chi connectivity index (χ4n) is 1.65. The predicted octanol–water partition coefficient (Wildman–Crippen LogP) is 2.32. The minimum atomic E-state index is -3.43. The lowest BCUT2D eigenvalue weighted by Crippen LogP contribution is -2.28. The van der Waals surface area contributed by atoms with E-state index in [-0.39, 0.29) is 24.7 Å². The highest BCUT2D eigenvalue weighted by Gasteiger charge is 2.10. The van der Waals surface area contributed by atoms with Gasteiger partial charge in [0.15, 0.2) is 0 Å². The standard InChI is InChI=1S/C15H16FNO3S/c16-14-8-6-13(7-9-14)12-17-21(18,19)11-10-20-15-4-2-1-3-5-15/h1-9,17H,10-12H2. The highest BCUT2D eigenvalue weighted by Crippen LogP contribution is 2.08. The summed E-state index contributed by atoms with van der Waals surface area (Å²) in [4.78, 5) is 0. The van der Waals surface area contributed by atoms with Crippen LogP contribution < -0.4 is 9.46 Å². The molecule has 2 aromatic carbocycles. The Morgan fingerprint density at radius 1 is 1.00 bits per heavy atom. The van der Waals surface area contributed by atoms with Gasteiger partial charge in [-0.3, -0.25) is 0 Å². The molecule has 0 spiro atoms. The smallest absolute Gasteiger partial charge is 0.215 e. The minimum Gasteiger partial charge on any atom is -0.492 e. The van der Waals surface area contributed by atoms with Gasteiger partial charge in [-0.1, -0.05) is 30.3 Å². The number of rotatable bonds is 7. The Bertz CT molecular complexity index is 657. The molecular weight excluding hydrogens is 293 g/mol. The Morgan fingerprint density at radius 2 is 1.67 bits per heavy atom. The van der Waals surface area contributed by atoms with Gasteiger partial charge in [-0.25, -0.2) is 17.5 Å². The van der Waals surface area contributed by atoms with E-state index in [0.717, 1.165) is 0 Å². The third-order valence-corrected chi connectivity index (χ3v) is 4.06. The van der Waals surface area contributed by atoms with Crippen molar-refractivity contribution < 1.29 is 17.5 Å². The number of para-hydroxylation sites is 1. The lowest BCUT2D eigenvalue weighted by molar-refractivity contribution is 0.340. The van der Waals surface area contributed by atoms with Crippen molar-refractivity contribution >= 4 is 10.0 Å². The molecule has 0 heterocycles. The minimum absolute atomic E-state index is 0.0722. The maximum absolute atomic E-state index is 12.7. The predicted molar refractivity (Wildman–Crippen MR) is 79.0 cm³/mol. The van der Waals surface area contributed by atoms with Gasteiger partial charge in [0.1, 0.15) is 18.2 Å². The van der Waals surface area contributed by atoms with E-state index >= 15 is 0 Å². The molecule has 21 heavy (non-hydrogen) atoms. The highest BCUT2D eigenvalue weighted by atomic mass is 32.2. The quantitative estimate of drug-likeness (QED) is 0.854. The molecule has 0 aliphatic rings. The van der Waals surface area contributed by atoms with Crippen LogP contribution in [0.3, 0.4) is 0 Å². The molecule has 0 fully saturated rings. The maximum atomic E-state index is 12.7. The monoisotopic (exact) mass is 309 g/mol. The number of nitrogens with one attached hydrogen (secondary N) is 1. The zero-order valence-electron chi connectivity index (χ0n) is 11.3. The zero-order chi connectivity index (χ0) is 15.1. The number of hydrogen-bond donors (Lipinski definition) is 1. The molecule has 1 N–H and O–H groups in total. The van der Waals surface area contributed by atoms with E-state index in [0.29, 0.717) is 11.3 Å². The SMILES string of the molecule is O=S(=O)(CCOc1ccccc1)NCc1ccc(F)cc1. The Balaban J connectivity index is 1.78. The molecule has 4 nitrogen and oxygen atoms in total. The van der Waals surface area contributed by atoms with Gasteiger partial charge >= 0.3 is 0 Å². The van der Waals surface area contributed by atoms with Crippen LogP contribution in [-0.4, -0.2) is 20.8 Å². The number of ether oxygens (including phenoxy) is 1. The summed E-state index contributed by atoms with van der Waals surface area (Å²) in [5, 5.41) is 0. The van der Waals surface area contributed by atoms with Crippen molar-refractivity contribution in [3.8, 4) is 5.75 Å². The topological polar surface area (TPSA) is 55.4 Å². The number of benzene rings is 2. The van der Waals surface area contributed by atoms with Crippen molar-refractivity contribution in [2.45, 2.75) is 6.54 Å². The molecule has 112 valence electrons. The Morgan fingerprint density at radius 3 is 2.33 bits per heavy atom. The van der Waals surface area contributed by atoms with Crippen molar-refractivity contribution in [1.29, 1.82) is 0 Å². The first-order valence-electron chi connectivity index (χ1n) is 6.45. The average molecular weight is 309 g/mol. The van der Waals surface area contributed by atoms with Crippen molar-refractivity contribution in [3.63, 3.8) is 0 Å². The summed E-state index contributed by atoms with van der Waals surface area (Å²) in [5.41, 5.74) is 0.698. The van der Waals surface area contributed by atoms with E-state index in [9.17, 15) is 12.8 Å². The van der Waals surface area contributed by atoms with Crippen LogP contribution in [0.4, 0.5) is 4.39 Å². The molecule has 0 amide bonds. The Hall–Kier alpha value is -1.92. The Labute approximate surface area is 123 Å². The van der Waals surface area contributed by atoms with Gasteiger partial charge in [0.2, 0.25) is 10.0 Å². The first kappa shape index (κ1) is 15.5. The molecule has 0 aliphatic heterocycles. The largest absolute Gasteiger partial charge is 0.492 e. The van der Waals surface area contributed by atoms with Crippen molar-refractivity contribution in [2.75, 3.05) is 12.4 Å². The first-order chi connectivity index (χ1) is 10.1. The fraction of sp³-hybridized carbons (Fsp3) is 0.200. The second kappa shape index (κ2) is 7.19. The highest BCUT2D eigenvalue weighted by molar-refractivity contribution is 7.89. The molecule has 2 aromatic rings. The van der Waals surface area contributed by atoms with E-state index in [1.54, 1.807) is 24.3 Å². The van der Waals surface area contributed by atoms with Crippen LogP contribution in [0.1, 0.15) is 5.56 Å². The molecule has 6 heteroatoms. The van der Waals surface area contributed by atoms with Gasteiger partial charge in [0, 0.05) is 6.54 Å². The van der Waals surface area contributed by atoms with Gasteiger partial charge < -0.3 is 4.74 Å². The van der Waals surface area contributed by atoms with Gasteiger partial charge in [0.25, 0.3) is 0 Å². The van der Waals surface area contributed by atoms with Crippen LogP contribution in [0.15, 0.2) is 54.6 Å². The van der Waals surface area contributed by atoms with Crippen LogP contribution in [0, 0.1) is 5.82 Å². The molecule has 0 atom stereocenters. The van der Waals surface area contributed by atoms with Crippen LogP contribution in [-0.2, 0) is 16.6 Å². The van der Waals surface area contributed by atoms with E-state index < -0.39 is 10.0 Å². The number of halogens is 1. The lowest BCUT2D eigenvalue weighted by atomic mass is 10.2. The van der Waals surface area contributed by atoms with Crippen molar-refractivity contribution in [3.05, 3.63) is 66.0 Å². The molecule has 0 aromatic heterocycles. The van der Waals surface area contributed by atoms with Crippen molar-refractivity contribution in [2.24, 2.45) is 0 Å². The molecule has 0 bridgehead atoms. The summed E-state index contributed by atoms with van der Waals surface area (Å²) < 4.78 is 44.1. The van der Waals surface area contributed by atoms with Crippen LogP contribution >= 0.6 is 0 Å². The third-order valence-electron chi connectivity index (χ3n) is 2.77. The van der Waals surface area contributed by atoms with E-state index in [1.165, 1.54) is 12.1 Å². The molecule has 2 rings (SSSR count). The van der Waals surface area contributed by atoms with E-state index in [2.05, 4.69) is 4.72 Å². The van der Waals surface area contributed by atoms with E-state index in [4.69, 9.17) is 4.74 Å². The average Bonchev–Trinajstić information content (AvgIpc) is 2.48. The molecule has 0 aliphatic carbocycles. The second-order valence-electron chi connectivity index (χ2n) is 4.43. The maximum Gasteiger partial charge on any atom is 0.215 e. The second-order valence-corrected chi connectivity index (χ2v) is 6.35. The molecule has 0 radical (unpaired) electrons. The first-order valence-corrected chi connectivity index (χ1v) is 8.10. The Kier molecular flexibility index (Phi) is 5.30. The summed E-state index contributed by atoms with van der Waals surface area (Å²) in [6.45, 7) is 0.205. The third kappa shape index (κ3) is 5.53. The zero-order valence-corrected chi connectivity index (χ0v) is 12.1. The molecule has 0 saturated heterocycles. The molecular formula is C15H16FNO3S. The van der Waals surface area contributed by atoms with Crippen LogP contribution in [0.25, 0.3) is 0 Å². The van der Waals surface area contributed by atoms with Crippen LogP contribution in [0.5, 0.6) is 5.75 Å². The summed E-state index contributed by atoms with van der Waals surface area (Å²) >= 11 is 0. The fourth-order valence-corrected chi connectivity index (χ4v) is 2.49. The number of sulfonamides is 1. The van der Waals surface area contributed by atoms with Gasteiger partial charge in [-0.05, 0) is 29.8 Å². The molecule has 0 saturated carbocycles. The summed E-state index contributed by atoms with van der Waals surface area (Å²) in [5.74, 6) is 0.146. The van der Waals surface area contributed by atoms with Gasteiger partial charge in [-0.2, -0.15) is 0 Å². The lowest BCUT2D eigenvalue weighted by Gasteiger charge is -2.08. The summed E-state index contributed by atoms with van der Waals surface area (Å²) in [6.07, 6.45) is 0. The normalized spacial score (nSPS) is 11.3. The summed E-state index contributed by atoms with van der Waals surface area (Å²) in [7, 11) is -3.43. The van der Waals surface area contributed by atoms with E-state index in [1.807, 2.05) is 18.2 Å². The van der Waals surface area contributed by atoms with Crippen molar-refractivity contribution in [1.82, 2.24) is 4.72 Å². The van der Waals surface area contributed by atoms with Crippen LogP contribution in [0.2, 0.25) is 0 Å². The summed E-state index contributed by atoms with van der Waals surface area (Å²) in [6, 6.07) is 14.7. The number of hydrogen-bond acceptors (Lipinski definition) is 3. The van der Waals surface area contributed by atoms with Gasteiger partial charge in [0.05, 0.1) is 5.75 Å².